The zero-order valence-corrected chi connectivity index (χ0v) is 16.7. The van der Waals surface area contributed by atoms with Gasteiger partial charge in [0.1, 0.15) is 0 Å². The second-order valence-corrected chi connectivity index (χ2v) is 7.70. The quantitative estimate of drug-likeness (QED) is 0.358. The van der Waals surface area contributed by atoms with Gasteiger partial charge >= 0.3 is 0 Å². The highest BCUT2D eigenvalue weighted by Crippen LogP contribution is 2.14. The van der Waals surface area contributed by atoms with E-state index in [-0.39, 0.29) is 5.56 Å². The van der Waals surface area contributed by atoms with Crippen molar-refractivity contribution in [3.05, 3.63) is 46.4 Å². The summed E-state index contributed by atoms with van der Waals surface area (Å²) in [4.78, 5) is 15.1. The van der Waals surface area contributed by atoms with Crippen molar-refractivity contribution in [2.75, 3.05) is 0 Å². The van der Waals surface area contributed by atoms with E-state index in [9.17, 15) is 4.79 Å². The average Bonchev–Trinajstić information content (AvgIpc) is 2.65. The number of aryl methyl sites for hydroxylation is 1. The summed E-state index contributed by atoms with van der Waals surface area (Å²) < 4.78 is 0. The Labute approximate surface area is 159 Å². The lowest BCUT2D eigenvalue weighted by Gasteiger charge is -2.05. The minimum absolute atomic E-state index is 0.0489. The minimum atomic E-state index is 0.0489. The van der Waals surface area contributed by atoms with E-state index in [0.29, 0.717) is 0 Å². The van der Waals surface area contributed by atoms with Crippen LogP contribution >= 0.6 is 0 Å². The molecule has 0 spiro atoms. The lowest BCUT2D eigenvalue weighted by Crippen LogP contribution is -2.09. The molecular formula is C24H37NO. The molecular weight excluding hydrogens is 318 g/mol. The van der Waals surface area contributed by atoms with Gasteiger partial charge in [-0.2, -0.15) is 0 Å². The maximum atomic E-state index is 12.1. The van der Waals surface area contributed by atoms with E-state index < -0.39 is 0 Å². The number of unbranched alkanes of at least 4 members (excludes halogenated alkanes) is 12. The van der Waals surface area contributed by atoms with Gasteiger partial charge in [0.15, 0.2) is 0 Å². The molecule has 0 unspecified atom stereocenters. The molecule has 1 heterocycles. The maximum absolute atomic E-state index is 12.1. The lowest BCUT2D eigenvalue weighted by atomic mass is 10.0. The molecule has 0 aliphatic carbocycles. The van der Waals surface area contributed by atoms with Gasteiger partial charge in [0.25, 0.3) is 5.56 Å². The first-order valence-corrected chi connectivity index (χ1v) is 10.9. The van der Waals surface area contributed by atoms with Crippen molar-refractivity contribution in [1.82, 2.24) is 4.98 Å². The highest BCUT2D eigenvalue weighted by atomic mass is 16.1. The number of hydrogen-bond donors (Lipinski definition) is 1. The smallest absolute Gasteiger partial charge is 0.256 e. The van der Waals surface area contributed by atoms with E-state index >= 15 is 0 Å². The van der Waals surface area contributed by atoms with Crippen LogP contribution in [-0.4, -0.2) is 4.98 Å². The van der Waals surface area contributed by atoms with Crippen molar-refractivity contribution in [3.8, 4) is 0 Å². The predicted octanol–water partition coefficient (Wildman–Crippen LogP) is 7.16. The Balaban J connectivity index is 1.49. The third-order valence-electron chi connectivity index (χ3n) is 5.36. The van der Waals surface area contributed by atoms with Crippen molar-refractivity contribution in [2.24, 2.45) is 0 Å². The first-order valence-electron chi connectivity index (χ1n) is 10.9. The highest BCUT2D eigenvalue weighted by Gasteiger charge is 2.01. The number of aromatic nitrogens is 1. The molecule has 0 saturated carbocycles. The largest absolute Gasteiger partial charge is 0.326 e. The highest BCUT2D eigenvalue weighted by molar-refractivity contribution is 5.81. The van der Waals surface area contributed by atoms with Crippen LogP contribution in [0.25, 0.3) is 10.8 Å². The number of nitrogens with one attached hydrogen (secondary N) is 1. The summed E-state index contributed by atoms with van der Waals surface area (Å²) in [6, 6.07) is 9.97. The number of hydrogen-bond acceptors (Lipinski definition) is 1. The predicted molar refractivity (Wildman–Crippen MR) is 114 cm³/mol. The van der Waals surface area contributed by atoms with Crippen molar-refractivity contribution >= 4 is 10.8 Å². The van der Waals surface area contributed by atoms with Gasteiger partial charge in [-0.15, -0.1) is 0 Å². The van der Waals surface area contributed by atoms with E-state index in [1.807, 2.05) is 24.3 Å². The average molecular weight is 356 g/mol. The Bertz CT molecular complexity index is 673. The molecule has 1 aromatic carbocycles. The summed E-state index contributed by atoms with van der Waals surface area (Å²) in [7, 11) is 0. The fourth-order valence-corrected chi connectivity index (χ4v) is 3.73. The maximum Gasteiger partial charge on any atom is 0.256 e. The van der Waals surface area contributed by atoms with E-state index in [2.05, 4.69) is 18.0 Å². The van der Waals surface area contributed by atoms with Crippen LogP contribution in [0.2, 0.25) is 0 Å². The molecule has 0 bridgehead atoms. The van der Waals surface area contributed by atoms with Crippen LogP contribution in [0.5, 0.6) is 0 Å². The standard InChI is InChI=1S/C24H37NO/c1-2-3-4-5-6-7-8-9-10-11-12-13-14-18-22-20-21-17-15-16-19-23(21)24(26)25-22/h15-17,19-20H,2-14,18H2,1H3,(H,25,26). The Morgan fingerprint density at radius 3 is 1.88 bits per heavy atom. The summed E-state index contributed by atoms with van der Waals surface area (Å²) >= 11 is 0. The van der Waals surface area contributed by atoms with Crippen LogP contribution in [0.15, 0.2) is 35.1 Å². The molecule has 0 amide bonds. The molecule has 2 nitrogen and oxygen atoms in total. The summed E-state index contributed by atoms with van der Waals surface area (Å²) in [5, 5.41) is 1.85. The first-order chi connectivity index (χ1) is 12.8. The molecule has 26 heavy (non-hydrogen) atoms. The van der Waals surface area contributed by atoms with E-state index in [4.69, 9.17) is 0 Å². The number of aromatic amines is 1. The summed E-state index contributed by atoms with van der Waals surface area (Å²) in [5.74, 6) is 0. The zero-order chi connectivity index (χ0) is 18.5. The van der Waals surface area contributed by atoms with Crippen LogP contribution in [-0.2, 0) is 6.42 Å². The van der Waals surface area contributed by atoms with Crippen molar-refractivity contribution in [2.45, 2.75) is 96.8 Å². The Morgan fingerprint density at radius 2 is 1.27 bits per heavy atom. The monoisotopic (exact) mass is 355 g/mol. The second kappa shape index (κ2) is 12.7. The minimum Gasteiger partial charge on any atom is -0.326 e. The van der Waals surface area contributed by atoms with Gasteiger partial charge in [-0.1, -0.05) is 102 Å². The van der Waals surface area contributed by atoms with Gasteiger partial charge in [0, 0.05) is 11.1 Å². The third kappa shape index (κ3) is 7.76. The van der Waals surface area contributed by atoms with Crippen molar-refractivity contribution in [3.63, 3.8) is 0 Å². The van der Waals surface area contributed by atoms with Crippen LogP contribution in [0.1, 0.15) is 96.1 Å². The normalized spacial score (nSPS) is 11.3. The molecule has 2 heteroatoms. The van der Waals surface area contributed by atoms with Gasteiger partial charge in [0.05, 0.1) is 0 Å². The number of H-pyrrole nitrogens is 1. The van der Waals surface area contributed by atoms with E-state index in [1.54, 1.807) is 0 Å². The Kier molecular flexibility index (Phi) is 10.2. The van der Waals surface area contributed by atoms with Gasteiger partial charge in [-0.05, 0) is 30.4 Å². The Hall–Kier alpha value is -1.57. The van der Waals surface area contributed by atoms with Gasteiger partial charge in [-0.25, -0.2) is 0 Å². The summed E-state index contributed by atoms with van der Waals surface area (Å²) in [6.45, 7) is 2.28. The molecule has 144 valence electrons. The number of benzene rings is 1. The van der Waals surface area contributed by atoms with Crippen LogP contribution in [0, 0.1) is 0 Å². The fourth-order valence-electron chi connectivity index (χ4n) is 3.73. The molecule has 0 atom stereocenters. The fraction of sp³-hybridized carbons (Fsp3) is 0.625. The van der Waals surface area contributed by atoms with Crippen LogP contribution < -0.4 is 5.56 Å². The molecule has 0 aliphatic heterocycles. The van der Waals surface area contributed by atoms with E-state index in [0.717, 1.165) is 22.9 Å². The number of rotatable bonds is 14. The summed E-state index contributed by atoms with van der Waals surface area (Å²) in [6.07, 6.45) is 18.8. The lowest BCUT2D eigenvalue weighted by molar-refractivity contribution is 0.539. The number of fused-ring (bicyclic) bond motifs is 1. The molecule has 0 fully saturated rings. The SMILES string of the molecule is CCCCCCCCCCCCCCCc1cc2ccccc2c(=O)[nH]1. The molecule has 0 radical (unpaired) electrons. The van der Waals surface area contributed by atoms with Gasteiger partial charge < -0.3 is 4.98 Å². The van der Waals surface area contributed by atoms with Crippen LogP contribution in [0.4, 0.5) is 0 Å². The van der Waals surface area contributed by atoms with Crippen molar-refractivity contribution < 1.29 is 0 Å². The molecule has 2 rings (SSSR count). The molecule has 1 N–H and O–H groups in total. The first kappa shape index (κ1) is 20.7. The van der Waals surface area contributed by atoms with Crippen LogP contribution in [0.3, 0.4) is 0 Å². The molecule has 1 aromatic heterocycles. The van der Waals surface area contributed by atoms with E-state index in [1.165, 1.54) is 83.5 Å². The second-order valence-electron chi connectivity index (χ2n) is 7.70. The summed E-state index contributed by atoms with van der Waals surface area (Å²) in [5.41, 5.74) is 1.13. The van der Waals surface area contributed by atoms with Crippen molar-refractivity contribution in [1.29, 1.82) is 0 Å². The molecule has 0 saturated heterocycles. The Morgan fingerprint density at radius 1 is 0.731 bits per heavy atom. The molecule has 2 aromatic rings. The number of pyridine rings is 1. The van der Waals surface area contributed by atoms with Gasteiger partial charge in [-0.3, -0.25) is 4.79 Å². The molecule has 0 aliphatic rings. The topological polar surface area (TPSA) is 32.9 Å². The van der Waals surface area contributed by atoms with Gasteiger partial charge in [0.2, 0.25) is 0 Å². The third-order valence-corrected chi connectivity index (χ3v) is 5.36. The zero-order valence-electron chi connectivity index (χ0n) is 16.7.